The quantitative estimate of drug-likeness (QED) is 0.823. The Morgan fingerprint density at radius 3 is 2.88 bits per heavy atom. The molecule has 0 saturated carbocycles. The molecule has 1 aromatic carbocycles. The van der Waals surface area contributed by atoms with Gasteiger partial charge in [0, 0.05) is 7.05 Å². The number of aromatic nitrogens is 1. The average Bonchev–Trinajstić information content (AvgIpc) is 3.04. The van der Waals surface area contributed by atoms with Crippen LogP contribution in [0.3, 0.4) is 0 Å². The molecule has 0 fully saturated rings. The van der Waals surface area contributed by atoms with Crippen molar-refractivity contribution in [3.05, 3.63) is 45.9 Å². The van der Waals surface area contributed by atoms with Crippen molar-refractivity contribution < 1.29 is 9.53 Å². The summed E-state index contributed by atoms with van der Waals surface area (Å²) in [5, 5.41) is 1.17. The standard InChI is InChI=1S/C19H24N2O2S/c1-4-17-20-15-11-8-12-16(18(15)24-17)21(3)19(22)13(2)23-14-9-6-5-7-10-14/h5-7,9-10,13,16H,4,8,11-12H2,1-3H3. The van der Waals surface area contributed by atoms with Crippen molar-refractivity contribution in [3.8, 4) is 5.75 Å². The lowest BCUT2D eigenvalue weighted by molar-refractivity contribution is -0.139. The molecule has 1 heterocycles. The molecule has 0 bridgehead atoms. The van der Waals surface area contributed by atoms with Gasteiger partial charge in [-0.25, -0.2) is 4.98 Å². The summed E-state index contributed by atoms with van der Waals surface area (Å²) in [7, 11) is 1.89. The molecule has 3 rings (SSSR count). The van der Waals surface area contributed by atoms with Gasteiger partial charge in [-0.3, -0.25) is 4.79 Å². The average molecular weight is 344 g/mol. The third-order valence-electron chi connectivity index (χ3n) is 4.49. The molecule has 2 atom stereocenters. The maximum Gasteiger partial charge on any atom is 0.263 e. The van der Waals surface area contributed by atoms with Gasteiger partial charge in [-0.2, -0.15) is 0 Å². The number of hydrogen-bond donors (Lipinski definition) is 0. The molecular weight excluding hydrogens is 320 g/mol. The van der Waals surface area contributed by atoms with E-state index in [2.05, 4.69) is 6.92 Å². The Hall–Kier alpha value is -1.88. The van der Waals surface area contributed by atoms with Gasteiger partial charge >= 0.3 is 0 Å². The van der Waals surface area contributed by atoms with Gasteiger partial charge in [0.2, 0.25) is 0 Å². The Bertz CT molecular complexity index is 699. The molecule has 4 nitrogen and oxygen atoms in total. The van der Waals surface area contributed by atoms with Gasteiger partial charge in [0.1, 0.15) is 5.75 Å². The van der Waals surface area contributed by atoms with Crippen LogP contribution in [0.5, 0.6) is 5.75 Å². The van der Waals surface area contributed by atoms with Crippen LogP contribution in [-0.2, 0) is 17.6 Å². The fraction of sp³-hybridized carbons (Fsp3) is 0.474. The second-order valence-corrected chi connectivity index (χ2v) is 7.32. The van der Waals surface area contributed by atoms with E-state index in [1.54, 1.807) is 11.3 Å². The molecule has 1 aromatic heterocycles. The zero-order chi connectivity index (χ0) is 17.1. The molecule has 0 radical (unpaired) electrons. The highest BCUT2D eigenvalue weighted by Gasteiger charge is 2.32. The first-order valence-corrected chi connectivity index (χ1v) is 9.38. The van der Waals surface area contributed by atoms with Crippen LogP contribution in [0.15, 0.2) is 30.3 Å². The number of ether oxygens (including phenoxy) is 1. The summed E-state index contributed by atoms with van der Waals surface area (Å²) < 4.78 is 5.80. The number of thiazole rings is 1. The van der Waals surface area contributed by atoms with E-state index in [1.165, 1.54) is 15.6 Å². The van der Waals surface area contributed by atoms with Gasteiger partial charge in [0.15, 0.2) is 6.10 Å². The smallest absolute Gasteiger partial charge is 0.263 e. The van der Waals surface area contributed by atoms with Gasteiger partial charge in [0.25, 0.3) is 5.91 Å². The van der Waals surface area contributed by atoms with Crippen LogP contribution in [0.4, 0.5) is 0 Å². The molecule has 0 saturated heterocycles. The van der Waals surface area contributed by atoms with Crippen molar-refractivity contribution in [1.82, 2.24) is 9.88 Å². The van der Waals surface area contributed by atoms with Crippen LogP contribution < -0.4 is 4.74 Å². The number of hydrogen-bond acceptors (Lipinski definition) is 4. The summed E-state index contributed by atoms with van der Waals surface area (Å²) in [5.74, 6) is 0.741. The molecular formula is C19H24N2O2S. The molecule has 2 unspecified atom stereocenters. The van der Waals surface area contributed by atoms with Crippen LogP contribution in [0.1, 0.15) is 48.3 Å². The first-order valence-electron chi connectivity index (χ1n) is 8.57. The Labute approximate surface area is 147 Å². The fourth-order valence-corrected chi connectivity index (χ4v) is 4.39. The topological polar surface area (TPSA) is 42.4 Å². The summed E-state index contributed by atoms with van der Waals surface area (Å²) in [6.45, 7) is 3.95. The number of carbonyl (C=O) groups is 1. The second-order valence-electron chi connectivity index (χ2n) is 6.20. The Morgan fingerprint density at radius 2 is 2.17 bits per heavy atom. The monoisotopic (exact) mass is 344 g/mol. The van der Waals surface area contributed by atoms with Gasteiger partial charge in [-0.1, -0.05) is 25.1 Å². The number of nitrogens with zero attached hydrogens (tertiary/aromatic N) is 2. The predicted octanol–water partition coefficient (Wildman–Crippen LogP) is 4.01. The van der Waals surface area contributed by atoms with Crippen molar-refractivity contribution in [1.29, 1.82) is 0 Å². The predicted molar refractivity (Wildman–Crippen MR) is 96.5 cm³/mol. The van der Waals surface area contributed by atoms with E-state index in [-0.39, 0.29) is 11.9 Å². The number of carbonyl (C=O) groups excluding carboxylic acids is 1. The fourth-order valence-electron chi connectivity index (χ4n) is 3.16. The third kappa shape index (κ3) is 3.46. The minimum Gasteiger partial charge on any atom is -0.481 e. The zero-order valence-corrected chi connectivity index (χ0v) is 15.3. The van der Waals surface area contributed by atoms with Crippen LogP contribution >= 0.6 is 11.3 Å². The Morgan fingerprint density at radius 1 is 1.42 bits per heavy atom. The zero-order valence-electron chi connectivity index (χ0n) is 14.5. The van der Waals surface area contributed by atoms with Crippen LogP contribution in [0.25, 0.3) is 0 Å². The number of aryl methyl sites for hydroxylation is 2. The first-order chi connectivity index (χ1) is 11.6. The molecule has 1 aliphatic carbocycles. The molecule has 128 valence electrons. The van der Waals surface area contributed by atoms with Crippen molar-refractivity contribution in [3.63, 3.8) is 0 Å². The lowest BCUT2D eigenvalue weighted by Crippen LogP contribution is -2.40. The van der Waals surface area contributed by atoms with Gasteiger partial charge in [-0.05, 0) is 44.7 Å². The van der Waals surface area contributed by atoms with Crippen molar-refractivity contribution >= 4 is 17.2 Å². The largest absolute Gasteiger partial charge is 0.481 e. The first kappa shape index (κ1) is 17.0. The molecule has 0 N–H and O–H groups in total. The molecule has 1 aliphatic rings. The number of likely N-dealkylation sites (N-methyl/N-ethyl adjacent to an activating group) is 1. The lowest BCUT2D eigenvalue weighted by atomic mass is 9.96. The molecule has 0 spiro atoms. The minimum atomic E-state index is -0.499. The SMILES string of the molecule is CCc1nc2c(s1)C(N(C)C(=O)C(C)Oc1ccccc1)CCC2. The van der Waals surface area contributed by atoms with Gasteiger partial charge in [0.05, 0.1) is 21.6 Å². The van der Waals surface area contributed by atoms with Gasteiger partial charge in [-0.15, -0.1) is 11.3 Å². The maximum absolute atomic E-state index is 12.8. The highest BCUT2D eigenvalue weighted by molar-refractivity contribution is 7.11. The van der Waals surface area contributed by atoms with E-state index < -0.39 is 6.10 Å². The number of rotatable bonds is 5. The van der Waals surface area contributed by atoms with Crippen molar-refractivity contribution in [2.45, 2.75) is 51.7 Å². The highest BCUT2D eigenvalue weighted by Crippen LogP contribution is 2.38. The number of fused-ring (bicyclic) bond motifs is 1. The summed E-state index contributed by atoms with van der Waals surface area (Å²) in [6, 6.07) is 9.63. The summed E-state index contributed by atoms with van der Waals surface area (Å²) in [4.78, 5) is 20.7. The summed E-state index contributed by atoms with van der Waals surface area (Å²) in [5.41, 5.74) is 1.18. The van der Waals surface area contributed by atoms with Crippen molar-refractivity contribution in [2.24, 2.45) is 0 Å². The second kappa shape index (κ2) is 7.34. The molecule has 5 heteroatoms. The van der Waals surface area contributed by atoms with E-state index in [0.29, 0.717) is 0 Å². The third-order valence-corrected chi connectivity index (χ3v) is 5.83. The van der Waals surface area contributed by atoms with Crippen molar-refractivity contribution in [2.75, 3.05) is 7.05 Å². The van der Waals surface area contributed by atoms with Gasteiger partial charge < -0.3 is 9.64 Å². The number of amides is 1. The maximum atomic E-state index is 12.8. The van der Waals surface area contributed by atoms with Crippen LogP contribution in [-0.4, -0.2) is 28.9 Å². The molecule has 2 aromatic rings. The number of para-hydroxylation sites is 1. The summed E-state index contributed by atoms with van der Waals surface area (Å²) >= 11 is 1.76. The highest BCUT2D eigenvalue weighted by atomic mass is 32.1. The Balaban J connectivity index is 1.73. The van der Waals surface area contributed by atoms with E-state index in [1.807, 2.05) is 49.2 Å². The lowest BCUT2D eigenvalue weighted by Gasteiger charge is -2.32. The Kier molecular flexibility index (Phi) is 5.19. The van der Waals surface area contributed by atoms with E-state index in [0.717, 1.165) is 31.4 Å². The molecule has 0 aliphatic heterocycles. The number of benzene rings is 1. The normalized spacial score (nSPS) is 17.9. The van der Waals surface area contributed by atoms with Crippen LogP contribution in [0.2, 0.25) is 0 Å². The van der Waals surface area contributed by atoms with Crippen LogP contribution in [0, 0.1) is 0 Å². The van der Waals surface area contributed by atoms with E-state index in [9.17, 15) is 4.79 Å². The molecule has 1 amide bonds. The molecule has 24 heavy (non-hydrogen) atoms. The minimum absolute atomic E-state index is 0.0168. The van der Waals surface area contributed by atoms with E-state index in [4.69, 9.17) is 9.72 Å². The van der Waals surface area contributed by atoms with E-state index >= 15 is 0 Å². The summed E-state index contributed by atoms with van der Waals surface area (Å²) in [6.07, 6.45) is 3.56.